The van der Waals surface area contributed by atoms with Gasteiger partial charge in [-0.3, -0.25) is 4.79 Å². The monoisotopic (exact) mass is 270 g/mol. The molecule has 1 amide bonds. The average Bonchev–Trinajstić information content (AvgIpc) is 2.49. The fourth-order valence-corrected chi connectivity index (χ4v) is 1.37. The van der Waals surface area contributed by atoms with Gasteiger partial charge in [0.05, 0.1) is 12.8 Å². The van der Waals surface area contributed by atoms with Crippen LogP contribution in [0.2, 0.25) is 0 Å². The number of benzene rings is 1. The van der Waals surface area contributed by atoms with Crippen LogP contribution in [-0.4, -0.2) is 13.0 Å². The van der Waals surface area contributed by atoms with Crippen molar-refractivity contribution in [3.63, 3.8) is 0 Å². The number of amides is 1. The molecule has 1 aromatic carbocycles. The Hall–Kier alpha value is -2.99. The van der Waals surface area contributed by atoms with Gasteiger partial charge in [-0.15, -0.1) is 0 Å². The molecule has 0 unspecified atom stereocenters. The van der Waals surface area contributed by atoms with Crippen LogP contribution in [0.4, 0.5) is 11.4 Å². The van der Waals surface area contributed by atoms with Gasteiger partial charge in [-0.2, -0.15) is 10.5 Å². The second-order valence-electron chi connectivity index (χ2n) is 3.74. The molecule has 102 valence electrons. The number of nitriles is 2. The van der Waals surface area contributed by atoms with Gasteiger partial charge in [0.2, 0.25) is 5.91 Å². The average molecular weight is 270 g/mol. The van der Waals surface area contributed by atoms with Crippen molar-refractivity contribution < 1.29 is 9.53 Å². The Morgan fingerprint density at radius 3 is 2.65 bits per heavy atom. The number of carbonyl (C=O) groups excluding carboxylic acids is 1. The van der Waals surface area contributed by atoms with Gasteiger partial charge in [-0.05, 0) is 12.1 Å². The Balaban J connectivity index is 2.93. The lowest BCUT2D eigenvalue weighted by Gasteiger charge is -2.11. The summed E-state index contributed by atoms with van der Waals surface area (Å²) in [6.07, 6.45) is 1.68. The predicted molar refractivity (Wildman–Crippen MR) is 74.8 cm³/mol. The number of hydrogen-bond acceptors (Lipinski definition) is 5. The maximum Gasteiger partial charge on any atom is 0.224 e. The van der Waals surface area contributed by atoms with Gasteiger partial charge < -0.3 is 15.4 Å². The molecule has 0 heterocycles. The second kappa shape index (κ2) is 7.45. The summed E-state index contributed by atoms with van der Waals surface area (Å²) in [4.78, 5) is 11.4. The van der Waals surface area contributed by atoms with Crippen LogP contribution in [0.15, 0.2) is 30.0 Å². The molecule has 0 aliphatic carbocycles. The molecule has 0 aromatic heterocycles. The Morgan fingerprint density at radius 2 is 2.10 bits per heavy atom. The third kappa shape index (κ3) is 4.04. The van der Waals surface area contributed by atoms with Crippen LogP contribution >= 0.6 is 0 Å². The van der Waals surface area contributed by atoms with Crippen LogP contribution in [0.1, 0.15) is 13.3 Å². The van der Waals surface area contributed by atoms with Gasteiger partial charge in [-0.1, -0.05) is 6.92 Å². The first kappa shape index (κ1) is 15.1. The van der Waals surface area contributed by atoms with Gasteiger partial charge in [0, 0.05) is 24.4 Å². The molecule has 0 spiro atoms. The molecular weight excluding hydrogens is 256 g/mol. The highest BCUT2D eigenvalue weighted by atomic mass is 16.5. The molecule has 20 heavy (non-hydrogen) atoms. The van der Waals surface area contributed by atoms with E-state index in [1.165, 1.54) is 13.3 Å². The van der Waals surface area contributed by atoms with Crippen molar-refractivity contribution in [2.45, 2.75) is 13.3 Å². The predicted octanol–water partition coefficient (Wildman–Crippen LogP) is 2.39. The molecule has 1 rings (SSSR count). The largest absolute Gasteiger partial charge is 0.494 e. The molecule has 0 radical (unpaired) electrons. The highest BCUT2D eigenvalue weighted by Crippen LogP contribution is 2.28. The van der Waals surface area contributed by atoms with Crippen molar-refractivity contribution in [3.8, 4) is 17.9 Å². The molecule has 2 N–H and O–H groups in total. The van der Waals surface area contributed by atoms with Gasteiger partial charge in [0.1, 0.15) is 23.5 Å². The van der Waals surface area contributed by atoms with Gasteiger partial charge in [0.25, 0.3) is 0 Å². The minimum Gasteiger partial charge on any atom is -0.494 e. The topological polar surface area (TPSA) is 97.9 Å². The standard InChI is InChI=1S/C14H14N4O2/c1-3-14(19)18-12-5-4-11(6-13(12)20-2)17-9-10(7-15)8-16/h4-6,9,17H,3H2,1-2H3,(H,18,19). The first-order valence-electron chi connectivity index (χ1n) is 5.89. The summed E-state index contributed by atoms with van der Waals surface area (Å²) in [7, 11) is 1.49. The molecule has 0 aliphatic heterocycles. The third-order valence-electron chi connectivity index (χ3n) is 2.42. The zero-order valence-electron chi connectivity index (χ0n) is 11.2. The number of ether oxygens (including phenoxy) is 1. The van der Waals surface area contributed by atoms with Crippen molar-refractivity contribution in [1.82, 2.24) is 0 Å². The fourth-order valence-electron chi connectivity index (χ4n) is 1.37. The van der Waals surface area contributed by atoms with E-state index in [0.717, 1.165) is 0 Å². The van der Waals surface area contributed by atoms with Crippen LogP contribution in [0.3, 0.4) is 0 Å². The highest BCUT2D eigenvalue weighted by molar-refractivity contribution is 5.92. The van der Waals surface area contributed by atoms with Crippen LogP contribution in [0.5, 0.6) is 5.75 Å². The lowest BCUT2D eigenvalue weighted by molar-refractivity contribution is -0.115. The number of nitrogens with zero attached hydrogens (tertiary/aromatic N) is 2. The second-order valence-corrected chi connectivity index (χ2v) is 3.74. The first-order chi connectivity index (χ1) is 9.64. The van der Waals surface area contributed by atoms with Crippen molar-refractivity contribution in [1.29, 1.82) is 10.5 Å². The number of anilines is 2. The molecule has 0 saturated heterocycles. The van der Waals surface area contributed by atoms with Crippen LogP contribution in [-0.2, 0) is 4.79 Å². The summed E-state index contributed by atoms with van der Waals surface area (Å²) in [5.41, 5.74) is 1.17. The van der Waals surface area contributed by atoms with Crippen LogP contribution in [0.25, 0.3) is 0 Å². The SMILES string of the molecule is CCC(=O)Nc1ccc(NC=C(C#N)C#N)cc1OC. The normalized spacial score (nSPS) is 8.80. The smallest absolute Gasteiger partial charge is 0.224 e. The van der Waals surface area contributed by atoms with Crippen molar-refractivity contribution in [2.75, 3.05) is 17.7 Å². The van der Waals surface area contributed by atoms with Crippen molar-refractivity contribution in [3.05, 3.63) is 30.0 Å². The van der Waals surface area contributed by atoms with E-state index in [2.05, 4.69) is 10.6 Å². The number of methoxy groups -OCH3 is 1. The zero-order chi connectivity index (χ0) is 15.0. The van der Waals surface area contributed by atoms with E-state index in [-0.39, 0.29) is 11.5 Å². The van der Waals surface area contributed by atoms with E-state index in [0.29, 0.717) is 23.5 Å². The number of rotatable bonds is 5. The summed E-state index contributed by atoms with van der Waals surface area (Å²) in [6.45, 7) is 1.76. The molecule has 0 saturated carbocycles. The quantitative estimate of drug-likeness (QED) is 0.800. The number of hydrogen-bond donors (Lipinski definition) is 2. The Labute approximate surface area is 117 Å². The van der Waals surface area contributed by atoms with Gasteiger partial charge in [-0.25, -0.2) is 0 Å². The van der Waals surface area contributed by atoms with Gasteiger partial charge in [0.15, 0.2) is 0 Å². The third-order valence-corrected chi connectivity index (χ3v) is 2.42. The van der Waals surface area contributed by atoms with E-state index in [9.17, 15) is 4.79 Å². The molecule has 1 aromatic rings. The molecule has 0 atom stereocenters. The van der Waals surface area contributed by atoms with Gasteiger partial charge >= 0.3 is 0 Å². The van der Waals surface area contributed by atoms with E-state index in [1.807, 2.05) is 0 Å². The summed E-state index contributed by atoms with van der Waals surface area (Å²) >= 11 is 0. The molecule has 0 fully saturated rings. The minimum atomic E-state index is -0.111. The Bertz CT molecular complexity index is 593. The Morgan fingerprint density at radius 1 is 1.40 bits per heavy atom. The van der Waals surface area contributed by atoms with E-state index >= 15 is 0 Å². The summed E-state index contributed by atoms with van der Waals surface area (Å²) < 4.78 is 5.19. The summed E-state index contributed by atoms with van der Waals surface area (Å²) in [6, 6.07) is 8.54. The molecule has 6 nitrogen and oxygen atoms in total. The van der Waals surface area contributed by atoms with Crippen LogP contribution in [0, 0.1) is 22.7 Å². The number of nitrogens with one attached hydrogen (secondary N) is 2. The lowest BCUT2D eigenvalue weighted by atomic mass is 10.2. The van der Waals surface area contributed by atoms with E-state index in [1.54, 1.807) is 37.3 Å². The molecule has 0 bridgehead atoms. The van der Waals surface area contributed by atoms with Crippen molar-refractivity contribution >= 4 is 17.3 Å². The van der Waals surface area contributed by atoms with Crippen LogP contribution < -0.4 is 15.4 Å². The minimum absolute atomic E-state index is 0.0349. The summed E-state index contributed by atoms with van der Waals surface area (Å²) in [5.74, 6) is 0.376. The highest BCUT2D eigenvalue weighted by Gasteiger charge is 2.06. The Kier molecular flexibility index (Phi) is 5.61. The molecular formula is C14H14N4O2. The summed E-state index contributed by atoms with van der Waals surface area (Å²) in [5, 5.41) is 22.8. The number of carbonyl (C=O) groups is 1. The number of allylic oxidation sites excluding steroid dienone is 1. The fraction of sp³-hybridized carbons (Fsp3) is 0.214. The molecule has 0 aliphatic rings. The maximum atomic E-state index is 11.4. The van der Waals surface area contributed by atoms with E-state index < -0.39 is 0 Å². The van der Waals surface area contributed by atoms with Crippen molar-refractivity contribution in [2.24, 2.45) is 0 Å². The first-order valence-corrected chi connectivity index (χ1v) is 5.89. The zero-order valence-corrected chi connectivity index (χ0v) is 11.2. The lowest BCUT2D eigenvalue weighted by Crippen LogP contribution is -2.10. The molecule has 6 heteroatoms. The van der Waals surface area contributed by atoms with E-state index in [4.69, 9.17) is 15.3 Å². The maximum absolute atomic E-state index is 11.4.